The predicted molar refractivity (Wildman–Crippen MR) is 116 cm³/mol. The van der Waals surface area contributed by atoms with Crippen molar-refractivity contribution in [3.8, 4) is 5.75 Å². The van der Waals surface area contributed by atoms with Crippen LogP contribution in [-0.4, -0.2) is 42.1 Å². The molecule has 6 nitrogen and oxygen atoms in total. The molecule has 6 heteroatoms. The standard InChI is InChI=1S/C24H25N3O3/c1-15(2)26-22(28)21-24(14-25-20-8-6-5-7-19(20)24)16(3)23(29)27(21)13-17-9-11-18(30-4)12-10-17/h5-12,14-15,21H,3,13H2,1-2,4H3,(H,26,28). The molecule has 1 fully saturated rings. The van der Waals surface area contributed by atoms with E-state index < -0.39 is 11.5 Å². The van der Waals surface area contributed by atoms with Crippen LogP contribution in [0.25, 0.3) is 0 Å². The van der Waals surface area contributed by atoms with Gasteiger partial charge >= 0.3 is 0 Å². The van der Waals surface area contributed by atoms with Crippen LogP contribution in [0.4, 0.5) is 5.69 Å². The van der Waals surface area contributed by atoms with Crippen LogP contribution >= 0.6 is 0 Å². The number of benzene rings is 2. The Morgan fingerprint density at radius 2 is 1.93 bits per heavy atom. The summed E-state index contributed by atoms with van der Waals surface area (Å²) >= 11 is 0. The third-order valence-electron chi connectivity index (χ3n) is 5.71. The van der Waals surface area contributed by atoms with E-state index in [9.17, 15) is 9.59 Å². The van der Waals surface area contributed by atoms with Crippen LogP contribution in [0.15, 0.2) is 65.7 Å². The molecule has 2 aliphatic heterocycles. The number of methoxy groups -OCH3 is 1. The first-order chi connectivity index (χ1) is 14.4. The zero-order valence-corrected chi connectivity index (χ0v) is 17.4. The highest BCUT2D eigenvalue weighted by Crippen LogP contribution is 2.50. The summed E-state index contributed by atoms with van der Waals surface area (Å²) in [4.78, 5) is 32.9. The topological polar surface area (TPSA) is 71.0 Å². The Morgan fingerprint density at radius 1 is 1.23 bits per heavy atom. The minimum absolute atomic E-state index is 0.0602. The molecule has 0 aromatic heterocycles. The summed E-state index contributed by atoms with van der Waals surface area (Å²) < 4.78 is 5.22. The Balaban J connectivity index is 1.79. The van der Waals surface area contributed by atoms with Gasteiger partial charge in [0.25, 0.3) is 5.91 Å². The van der Waals surface area contributed by atoms with Crippen LogP contribution in [0, 0.1) is 0 Å². The predicted octanol–water partition coefficient (Wildman–Crippen LogP) is 3.14. The highest BCUT2D eigenvalue weighted by atomic mass is 16.5. The average Bonchev–Trinajstić information content (AvgIpc) is 3.21. The van der Waals surface area contributed by atoms with Gasteiger partial charge < -0.3 is 15.0 Å². The van der Waals surface area contributed by atoms with Gasteiger partial charge in [0.15, 0.2) is 0 Å². The maximum atomic E-state index is 13.4. The van der Waals surface area contributed by atoms with E-state index in [1.165, 1.54) is 0 Å². The number of aliphatic imine (C=N–C) groups is 1. The smallest absolute Gasteiger partial charge is 0.251 e. The van der Waals surface area contributed by atoms with E-state index in [1.807, 2.05) is 62.4 Å². The third kappa shape index (κ3) is 3.00. The van der Waals surface area contributed by atoms with Gasteiger partial charge in [0, 0.05) is 24.4 Å². The minimum Gasteiger partial charge on any atom is -0.497 e. The number of para-hydroxylation sites is 1. The number of carbonyl (C=O) groups excluding carboxylic acids is 2. The number of amides is 2. The molecule has 0 aliphatic carbocycles. The van der Waals surface area contributed by atoms with Gasteiger partial charge in [0.2, 0.25) is 5.91 Å². The molecule has 2 heterocycles. The van der Waals surface area contributed by atoms with Gasteiger partial charge in [-0.1, -0.05) is 36.9 Å². The summed E-state index contributed by atoms with van der Waals surface area (Å²) in [6.07, 6.45) is 1.72. The molecule has 1 saturated heterocycles. The summed E-state index contributed by atoms with van der Waals surface area (Å²) in [6, 6.07) is 14.3. The van der Waals surface area contributed by atoms with Gasteiger partial charge in [-0.2, -0.15) is 0 Å². The highest BCUT2D eigenvalue weighted by Gasteiger charge is 2.60. The molecule has 0 bridgehead atoms. The second-order valence-electron chi connectivity index (χ2n) is 7.97. The Morgan fingerprint density at radius 3 is 2.60 bits per heavy atom. The molecule has 1 spiro atoms. The van der Waals surface area contributed by atoms with E-state index >= 15 is 0 Å². The number of nitrogens with one attached hydrogen (secondary N) is 1. The fourth-order valence-corrected chi connectivity index (χ4v) is 4.32. The first-order valence-electron chi connectivity index (χ1n) is 9.97. The SMILES string of the molecule is C=C1C(=O)N(Cc2ccc(OC)cc2)C(C(=O)NC(C)C)C12C=Nc1ccccc12. The Labute approximate surface area is 176 Å². The van der Waals surface area contributed by atoms with Crippen molar-refractivity contribution in [1.82, 2.24) is 10.2 Å². The lowest BCUT2D eigenvalue weighted by Gasteiger charge is -2.33. The lowest BCUT2D eigenvalue weighted by Crippen LogP contribution is -2.54. The van der Waals surface area contributed by atoms with Gasteiger partial charge in [-0.3, -0.25) is 14.6 Å². The maximum Gasteiger partial charge on any atom is 0.251 e. The quantitative estimate of drug-likeness (QED) is 0.780. The summed E-state index contributed by atoms with van der Waals surface area (Å²) in [5, 5.41) is 2.99. The fourth-order valence-electron chi connectivity index (χ4n) is 4.32. The molecule has 2 atom stereocenters. The Kier molecular flexibility index (Phi) is 4.94. The zero-order valence-electron chi connectivity index (χ0n) is 17.4. The van der Waals surface area contributed by atoms with Crippen molar-refractivity contribution in [2.24, 2.45) is 4.99 Å². The van der Waals surface area contributed by atoms with Crippen molar-refractivity contribution in [2.75, 3.05) is 7.11 Å². The summed E-state index contributed by atoms with van der Waals surface area (Å²) in [5.41, 5.74) is 1.90. The average molecular weight is 403 g/mol. The summed E-state index contributed by atoms with van der Waals surface area (Å²) in [7, 11) is 1.61. The van der Waals surface area contributed by atoms with Crippen LogP contribution in [0.2, 0.25) is 0 Å². The lowest BCUT2D eigenvalue weighted by atomic mass is 9.73. The molecule has 2 unspecified atom stereocenters. The van der Waals surface area contributed by atoms with Crippen LogP contribution in [0.3, 0.4) is 0 Å². The van der Waals surface area contributed by atoms with E-state index in [0.717, 1.165) is 22.6 Å². The van der Waals surface area contributed by atoms with E-state index in [-0.39, 0.29) is 24.4 Å². The maximum absolute atomic E-state index is 13.4. The van der Waals surface area contributed by atoms with Gasteiger partial charge in [-0.15, -0.1) is 0 Å². The number of rotatable bonds is 5. The monoisotopic (exact) mass is 403 g/mol. The molecule has 2 aliphatic rings. The lowest BCUT2D eigenvalue weighted by molar-refractivity contribution is -0.135. The highest BCUT2D eigenvalue weighted by molar-refractivity contribution is 6.14. The Bertz CT molecular complexity index is 1040. The molecular weight excluding hydrogens is 378 g/mol. The second kappa shape index (κ2) is 7.44. The number of carbonyl (C=O) groups is 2. The molecule has 2 aromatic rings. The zero-order chi connectivity index (χ0) is 21.5. The van der Waals surface area contributed by atoms with Gasteiger partial charge in [-0.25, -0.2) is 0 Å². The largest absolute Gasteiger partial charge is 0.497 e. The number of ether oxygens (including phenoxy) is 1. The molecular formula is C24H25N3O3. The number of fused-ring (bicyclic) bond motifs is 2. The van der Waals surface area contributed by atoms with Crippen molar-refractivity contribution in [3.05, 3.63) is 71.8 Å². The van der Waals surface area contributed by atoms with Crippen LogP contribution in [0.1, 0.15) is 25.0 Å². The molecule has 0 saturated carbocycles. The normalized spacial score (nSPS) is 22.1. The number of nitrogens with zero attached hydrogens (tertiary/aromatic N) is 2. The van der Waals surface area contributed by atoms with Crippen molar-refractivity contribution in [3.63, 3.8) is 0 Å². The second-order valence-corrected chi connectivity index (χ2v) is 7.97. The van der Waals surface area contributed by atoms with E-state index in [1.54, 1.807) is 18.2 Å². The minimum atomic E-state index is -0.973. The third-order valence-corrected chi connectivity index (χ3v) is 5.71. The summed E-state index contributed by atoms with van der Waals surface area (Å²) in [5.74, 6) is 0.282. The van der Waals surface area contributed by atoms with Gasteiger partial charge in [0.1, 0.15) is 11.8 Å². The molecule has 30 heavy (non-hydrogen) atoms. The van der Waals surface area contributed by atoms with Crippen LogP contribution in [0.5, 0.6) is 5.75 Å². The van der Waals surface area contributed by atoms with E-state index in [2.05, 4.69) is 16.9 Å². The van der Waals surface area contributed by atoms with Crippen molar-refractivity contribution in [1.29, 1.82) is 0 Å². The van der Waals surface area contributed by atoms with Gasteiger partial charge in [-0.05, 0) is 43.2 Å². The summed E-state index contributed by atoms with van der Waals surface area (Å²) in [6.45, 7) is 8.21. The molecule has 2 amide bonds. The molecule has 1 N–H and O–H groups in total. The number of likely N-dealkylation sites (tertiary alicyclic amines) is 1. The van der Waals surface area contributed by atoms with Gasteiger partial charge in [0.05, 0.1) is 18.2 Å². The first-order valence-corrected chi connectivity index (χ1v) is 9.97. The fraction of sp³-hybridized carbons (Fsp3) is 0.292. The molecule has 154 valence electrons. The van der Waals surface area contributed by atoms with Crippen LogP contribution < -0.4 is 10.1 Å². The first kappa shape index (κ1) is 19.9. The molecule has 0 radical (unpaired) electrons. The number of hydrogen-bond acceptors (Lipinski definition) is 4. The van der Waals surface area contributed by atoms with E-state index in [4.69, 9.17) is 4.74 Å². The molecule has 4 rings (SSSR count). The van der Waals surface area contributed by atoms with Crippen LogP contribution in [-0.2, 0) is 21.5 Å². The van der Waals surface area contributed by atoms with Crippen molar-refractivity contribution >= 4 is 23.7 Å². The Hall–Kier alpha value is -3.41. The van der Waals surface area contributed by atoms with Crippen molar-refractivity contribution in [2.45, 2.75) is 37.9 Å². The molecule has 2 aromatic carbocycles. The number of hydrogen-bond donors (Lipinski definition) is 1. The van der Waals surface area contributed by atoms with E-state index in [0.29, 0.717) is 5.57 Å². The van der Waals surface area contributed by atoms with Crippen molar-refractivity contribution < 1.29 is 14.3 Å².